The molecule has 0 N–H and O–H groups in total. The third-order valence-corrected chi connectivity index (χ3v) is 2.85. The summed E-state index contributed by atoms with van der Waals surface area (Å²) in [5.74, 6) is -0.579. The Kier molecular flexibility index (Phi) is 3.10. The van der Waals surface area contributed by atoms with Gasteiger partial charge in [-0.05, 0) is 34.1 Å². The number of aromatic nitrogens is 2. The van der Waals surface area contributed by atoms with Crippen LogP contribution in [0.5, 0.6) is 0 Å². The molecule has 1 aromatic carbocycles. The van der Waals surface area contributed by atoms with Crippen LogP contribution in [0.1, 0.15) is 16.9 Å². The average Bonchev–Trinajstić information content (AvgIpc) is 2.65. The van der Waals surface area contributed by atoms with Gasteiger partial charge in [-0.1, -0.05) is 0 Å². The van der Waals surface area contributed by atoms with Crippen molar-refractivity contribution in [1.29, 1.82) is 0 Å². The highest BCUT2D eigenvalue weighted by Gasteiger charge is 2.17. The normalized spacial score (nSPS) is 11.1. The SMILES string of the molecule is COC(=O)c1ccc2c(Br)nn(C(F)F)c2c1. The van der Waals surface area contributed by atoms with Crippen molar-refractivity contribution in [2.75, 3.05) is 7.11 Å². The molecule has 0 fully saturated rings. The van der Waals surface area contributed by atoms with Gasteiger partial charge < -0.3 is 4.74 Å². The summed E-state index contributed by atoms with van der Waals surface area (Å²) in [6.07, 6.45) is 0. The third kappa shape index (κ3) is 2.02. The predicted molar refractivity (Wildman–Crippen MR) is 60.0 cm³/mol. The maximum absolute atomic E-state index is 12.7. The number of hydrogen-bond donors (Lipinski definition) is 0. The number of carbonyl (C=O) groups is 1. The molecule has 90 valence electrons. The van der Waals surface area contributed by atoms with Crippen molar-refractivity contribution in [3.05, 3.63) is 28.4 Å². The maximum atomic E-state index is 12.7. The first kappa shape index (κ1) is 12.0. The van der Waals surface area contributed by atoms with Crippen LogP contribution in [0.2, 0.25) is 0 Å². The lowest BCUT2D eigenvalue weighted by Gasteiger charge is -2.02. The lowest BCUT2D eigenvalue weighted by Crippen LogP contribution is -2.03. The number of fused-ring (bicyclic) bond motifs is 1. The lowest BCUT2D eigenvalue weighted by molar-refractivity contribution is 0.0589. The first-order chi connectivity index (χ1) is 8.04. The molecule has 0 saturated carbocycles. The van der Waals surface area contributed by atoms with Crippen LogP contribution in [0.3, 0.4) is 0 Å². The van der Waals surface area contributed by atoms with Gasteiger partial charge in [-0.25, -0.2) is 9.48 Å². The third-order valence-electron chi connectivity index (χ3n) is 2.27. The zero-order valence-corrected chi connectivity index (χ0v) is 10.2. The van der Waals surface area contributed by atoms with Crippen LogP contribution in [-0.2, 0) is 4.74 Å². The summed E-state index contributed by atoms with van der Waals surface area (Å²) in [6.45, 7) is -2.77. The Morgan fingerprint density at radius 2 is 2.24 bits per heavy atom. The molecule has 0 amide bonds. The largest absolute Gasteiger partial charge is 0.465 e. The molecular formula is C10H7BrF2N2O2. The summed E-state index contributed by atoms with van der Waals surface area (Å²) in [4.78, 5) is 11.3. The molecule has 4 nitrogen and oxygen atoms in total. The van der Waals surface area contributed by atoms with E-state index in [1.165, 1.54) is 25.3 Å². The molecular weight excluding hydrogens is 298 g/mol. The minimum atomic E-state index is -2.77. The molecule has 0 spiro atoms. The summed E-state index contributed by atoms with van der Waals surface area (Å²) < 4.78 is 30.8. The van der Waals surface area contributed by atoms with Gasteiger partial charge in [0.1, 0.15) is 4.60 Å². The molecule has 0 aliphatic heterocycles. The topological polar surface area (TPSA) is 44.1 Å². The van der Waals surface area contributed by atoms with Crippen LogP contribution in [0.15, 0.2) is 22.8 Å². The molecule has 1 aromatic heterocycles. The van der Waals surface area contributed by atoms with Crippen LogP contribution in [-0.4, -0.2) is 22.9 Å². The summed E-state index contributed by atoms with van der Waals surface area (Å²) in [6, 6.07) is 4.36. The molecule has 2 aromatic rings. The van der Waals surface area contributed by atoms with Crippen molar-refractivity contribution in [2.45, 2.75) is 6.55 Å². The Hall–Kier alpha value is -1.50. The van der Waals surface area contributed by atoms with E-state index in [1.807, 2.05) is 0 Å². The van der Waals surface area contributed by atoms with E-state index in [1.54, 1.807) is 0 Å². The summed E-state index contributed by atoms with van der Waals surface area (Å²) in [5, 5.41) is 4.16. The molecule has 0 atom stereocenters. The standard InChI is InChI=1S/C10H7BrF2N2O2/c1-17-9(16)5-2-3-6-7(4-5)15(10(12)13)14-8(6)11/h2-4,10H,1H3. The quantitative estimate of drug-likeness (QED) is 0.801. The van der Waals surface area contributed by atoms with Gasteiger partial charge in [0.25, 0.3) is 0 Å². The molecule has 0 aliphatic carbocycles. The van der Waals surface area contributed by atoms with Gasteiger partial charge in [0.15, 0.2) is 0 Å². The van der Waals surface area contributed by atoms with Crippen molar-refractivity contribution in [3.8, 4) is 0 Å². The zero-order valence-electron chi connectivity index (χ0n) is 8.65. The smallest absolute Gasteiger partial charge is 0.337 e. The van der Waals surface area contributed by atoms with Crippen LogP contribution in [0, 0.1) is 0 Å². The molecule has 1 heterocycles. The average molecular weight is 305 g/mol. The number of alkyl halides is 2. The monoisotopic (exact) mass is 304 g/mol. The van der Waals surface area contributed by atoms with Crippen LogP contribution in [0.4, 0.5) is 8.78 Å². The molecule has 0 radical (unpaired) electrons. The van der Waals surface area contributed by atoms with Crippen molar-refractivity contribution in [3.63, 3.8) is 0 Å². The minimum Gasteiger partial charge on any atom is -0.465 e. The Morgan fingerprint density at radius 1 is 1.53 bits per heavy atom. The Bertz CT molecular complexity index is 583. The van der Waals surface area contributed by atoms with E-state index in [0.29, 0.717) is 14.7 Å². The predicted octanol–water partition coefficient (Wildman–Crippen LogP) is 2.98. The van der Waals surface area contributed by atoms with Gasteiger partial charge in [-0.3, -0.25) is 0 Å². The van der Waals surface area contributed by atoms with Crippen molar-refractivity contribution >= 4 is 32.8 Å². The number of rotatable bonds is 2. The molecule has 2 rings (SSSR count). The molecule has 0 bridgehead atoms. The highest BCUT2D eigenvalue weighted by molar-refractivity contribution is 9.10. The molecule has 7 heteroatoms. The van der Waals surface area contributed by atoms with E-state index in [9.17, 15) is 13.6 Å². The Labute approximate surface area is 103 Å². The summed E-state index contributed by atoms with van der Waals surface area (Å²) in [7, 11) is 1.23. The number of benzene rings is 1. The van der Waals surface area contributed by atoms with E-state index in [4.69, 9.17) is 0 Å². The Morgan fingerprint density at radius 3 is 2.82 bits per heavy atom. The fraction of sp³-hybridized carbons (Fsp3) is 0.200. The van der Waals surface area contributed by atoms with Gasteiger partial charge in [0.2, 0.25) is 0 Å². The fourth-order valence-corrected chi connectivity index (χ4v) is 2.00. The fourth-order valence-electron chi connectivity index (χ4n) is 1.49. The van der Waals surface area contributed by atoms with E-state index in [2.05, 4.69) is 25.8 Å². The second kappa shape index (κ2) is 4.40. The van der Waals surface area contributed by atoms with E-state index >= 15 is 0 Å². The maximum Gasteiger partial charge on any atom is 0.337 e. The number of halogens is 3. The van der Waals surface area contributed by atoms with Gasteiger partial charge >= 0.3 is 12.5 Å². The Balaban J connectivity index is 2.66. The molecule has 17 heavy (non-hydrogen) atoms. The molecule has 0 aliphatic rings. The second-order valence-corrected chi connectivity index (χ2v) is 3.99. The highest BCUT2D eigenvalue weighted by Crippen LogP contribution is 2.27. The summed E-state index contributed by atoms with van der Waals surface area (Å²) >= 11 is 3.08. The number of nitrogens with zero attached hydrogens (tertiary/aromatic N) is 2. The van der Waals surface area contributed by atoms with Gasteiger partial charge in [0, 0.05) is 5.39 Å². The minimum absolute atomic E-state index is 0.176. The molecule has 0 unspecified atom stereocenters. The van der Waals surface area contributed by atoms with E-state index in [-0.39, 0.29) is 11.1 Å². The number of hydrogen-bond acceptors (Lipinski definition) is 3. The van der Waals surface area contributed by atoms with Crippen LogP contribution >= 0.6 is 15.9 Å². The number of carbonyl (C=O) groups excluding carboxylic acids is 1. The zero-order chi connectivity index (χ0) is 12.6. The van der Waals surface area contributed by atoms with Gasteiger partial charge in [-0.15, -0.1) is 0 Å². The second-order valence-electron chi connectivity index (χ2n) is 3.24. The summed E-state index contributed by atoms with van der Waals surface area (Å²) in [5.41, 5.74) is 0.379. The van der Waals surface area contributed by atoms with Crippen LogP contribution < -0.4 is 0 Å². The van der Waals surface area contributed by atoms with Crippen molar-refractivity contribution < 1.29 is 18.3 Å². The van der Waals surface area contributed by atoms with Crippen LogP contribution in [0.25, 0.3) is 10.9 Å². The van der Waals surface area contributed by atoms with Crippen molar-refractivity contribution in [1.82, 2.24) is 9.78 Å². The first-order valence-corrected chi connectivity index (χ1v) is 5.38. The van der Waals surface area contributed by atoms with E-state index in [0.717, 1.165) is 0 Å². The lowest BCUT2D eigenvalue weighted by atomic mass is 10.2. The van der Waals surface area contributed by atoms with Gasteiger partial charge in [0.05, 0.1) is 18.2 Å². The van der Waals surface area contributed by atoms with Crippen molar-refractivity contribution in [2.24, 2.45) is 0 Å². The molecule has 0 saturated heterocycles. The first-order valence-electron chi connectivity index (χ1n) is 4.59. The van der Waals surface area contributed by atoms with Gasteiger partial charge in [-0.2, -0.15) is 13.9 Å². The number of ether oxygens (including phenoxy) is 1. The number of methoxy groups -OCH3 is 1. The number of esters is 1. The highest BCUT2D eigenvalue weighted by atomic mass is 79.9. The van der Waals surface area contributed by atoms with E-state index < -0.39 is 12.5 Å².